The van der Waals surface area contributed by atoms with Crippen molar-refractivity contribution >= 4 is 5.97 Å². The van der Waals surface area contributed by atoms with E-state index in [2.05, 4.69) is 31.2 Å². The predicted molar refractivity (Wildman–Crippen MR) is 133 cm³/mol. The number of rotatable bonds is 24. The molecule has 0 aliphatic carbocycles. The summed E-state index contributed by atoms with van der Waals surface area (Å²) in [5.74, 6) is -0.654. The van der Waals surface area contributed by atoms with Gasteiger partial charge in [0.15, 0.2) is 0 Å². The van der Waals surface area contributed by atoms with E-state index in [4.69, 9.17) is 5.11 Å². The molecular weight excluding hydrogens is 368 g/mol. The van der Waals surface area contributed by atoms with Crippen molar-refractivity contribution in [1.82, 2.24) is 0 Å². The van der Waals surface area contributed by atoms with Gasteiger partial charge >= 0.3 is 5.97 Å². The third-order valence-electron chi connectivity index (χ3n) is 5.82. The minimum absolute atomic E-state index is 0.340. The highest BCUT2D eigenvalue weighted by atomic mass is 16.4. The van der Waals surface area contributed by atoms with Gasteiger partial charge in [0, 0.05) is 6.42 Å². The van der Waals surface area contributed by atoms with Crippen LogP contribution in [0.2, 0.25) is 0 Å². The molecule has 0 heterocycles. The summed E-state index contributed by atoms with van der Waals surface area (Å²) in [6.07, 6.45) is 37.0. The van der Waals surface area contributed by atoms with Gasteiger partial charge in [-0.3, -0.25) is 4.79 Å². The molecule has 0 rings (SSSR count). The van der Waals surface area contributed by atoms with Crippen LogP contribution in [0, 0.1) is 0 Å². The van der Waals surface area contributed by atoms with Crippen molar-refractivity contribution in [1.29, 1.82) is 0 Å². The van der Waals surface area contributed by atoms with Gasteiger partial charge in [0.1, 0.15) is 0 Å². The van der Waals surface area contributed by atoms with E-state index < -0.39 is 5.97 Å². The molecule has 0 saturated heterocycles. The fraction of sp³-hybridized carbons (Fsp3) is 0.821. The van der Waals surface area contributed by atoms with Crippen LogP contribution >= 0.6 is 0 Å². The number of unbranched alkanes of at least 4 members (excludes halogenated alkanes) is 18. The van der Waals surface area contributed by atoms with E-state index in [0.717, 1.165) is 12.8 Å². The van der Waals surface area contributed by atoms with Crippen molar-refractivity contribution in [2.45, 2.75) is 148 Å². The van der Waals surface area contributed by atoms with Crippen LogP contribution in [0.5, 0.6) is 0 Å². The van der Waals surface area contributed by atoms with Gasteiger partial charge in [-0.05, 0) is 44.9 Å². The lowest BCUT2D eigenvalue weighted by Crippen LogP contribution is -1.93. The van der Waals surface area contributed by atoms with Crippen LogP contribution in [-0.4, -0.2) is 11.1 Å². The Morgan fingerprint density at radius 2 is 0.833 bits per heavy atom. The van der Waals surface area contributed by atoms with Gasteiger partial charge in [-0.15, -0.1) is 0 Å². The molecule has 0 aromatic rings. The molecule has 0 aliphatic rings. The molecule has 0 radical (unpaired) electrons. The second-order valence-corrected chi connectivity index (χ2v) is 8.90. The lowest BCUT2D eigenvalue weighted by Gasteiger charge is -2.03. The van der Waals surface area contributed by atoms with E-state index >= 15 is 0 Å². The summed E-state index contributed by atoms with van der Waals surface area (Å²) in [7, 11) is 0. The van der Waals surface area contributed by atoms with Crippen molar-refractivity contribution in [3.05, 3.63) is 24.3 Å². The number of aliphatic carboxylic acids is 1. The second kappa shape index (κ2) is 26.0. The van der Waals surface area contributed by atoms with E-state index in [0.29, 0.717) is 6.42 Å². The molecule has 2 nitrogen and oxygen atoms in total. The summed E-state index contributed by atoms with van der Waals surface area (Å²) in [6.45, 7) is 2.27. The Morgan fingerprint density at radius 1 is 0.500 bits per heavy atom. The molecule has 0 spiro atoms. The molecule has 0 saturated carbocycles. The summed E-state index contributed by atoms with van der Waals surface area (Å²) >= 11 is 0. The zero-order valence-corrected chi connectivity index (χ0v) is 20.2. The number of allylic oxidation sites excluding steroid dienone is 4. The first-order chi connectivity index (χ1) is 14.8. The lowest BCUT2D eigenvalue weighted by molar-refractivity contribution is -0.137. The normalized spacial score (nSPS) is 11.8. The van der Waals surface area contributed by atoms with Gasteiger partial charge in [0.2, 0.25) is 0 Å². The van der Waals surface area contributed by atoms with Crippen LogP contribution in [0.25, 0.3) is 0 Å². The topological polar surface area (TPSA) is 37.3 Å². The van der Waals surface area contributed by atoms with Crippen LogP contribution in [0.4, 0.5) is 0 Å². The summed E-state index contributed by atoms with van der Waals surface area (Å²) in [6, 6.07) is 0. The van der Waals surface area contributed by atoms with E-state index in [1.807, 2.05) is 0 Å². The van der Waals surface area contributed by atoms with Crippen LogP contribution in [0.15, 0.2) is 24.3 Å². The van der Waals surface area contributed by atoms with Crippen LogP contribution in [0.1, 0.15) is 148 Å². The summed E-state index contributed by atoms with van der Waals surface area (Å²) in [5, 5.41) is 8.59. The van der Waals surface area contributed by atoms with Gasteiger partial charge in [0.05, 0.1) is 0 Å². The van der Waals surface area contributed by atoms with Crippen molar-refractivity contribution in [3.63, 3.8) is 0 Å². The second-order valence-electron chi connectivity index (χ2n) is 8.90. The molecule has 2 heteroatoms. The Morgan fingerprint density at radius 3 is 1.23 bits per heavy atom. The Labute approximate surface area is 188 Å². The fourth-order valence-electron chi connectivity index (χ4n) is 3.84. The molecule has 176 valence electrons. The molecular formula is C28H52O2. The van der Waals surface area contributed by atoms with Crippen molar-refractivity contribution in [2.24, 2.45) is 0 Å². The zero-order valence-electron chi connectivity index (χ0n) is 20.2. The zero-order chi connectivity index (χ0) is 22.0. The monoisotopic (exact) mass is 420 g/mol. The highest BCUT2D eigenvalue weighted by Crippen LogP contribution is 2.13. The molecule has 0 aromatic heterocycles. The first-order valence-electron chi connectivity index (χ1n) is 13.3. The maximum Gasteiger partial charge on any atom is 0.303 e. The van der Waals surface area contributed by atoms with E-state index in [-0.39, 0.29) is 0 Å². The third-order valence-corrected chi connectivity index (χ3v) is 5.82. The summed E-state index contributed by atoms with van der Waals surface area (Å²) < 4.78 is 0. The van der Waals surface area contributed by atoms with E-state index in [1.54, 1.807) is 0 Å². The number of carbonyl (C=O) groups is 1. The van der Waals surface area contributed by atoms with E-state index in [9.17, 15) is 4.79 Å². The molecule has 0 amide bonds. The molecule has 0 unspecified atom stereocenters. The van der Waals surface area contributed by atoms with Gasteiger partial charge in [-0.1, -0.05) is 121 Å². The first-order valence-corrected chi connectivity index (χ1v) is 13.3. The third kappa shape index (κ3) is 27.0. The highest BCUT2D eigenvalue weighted by Gasteiger charge is 1.97. The van der Waals surface area contributed by atoms with Crippen LogP contribution in [0.3, 0.4) is 0 Å². The number of carboxylic acids is 1. The highest BCUT2D eigenvalue weighted by molar-refractivity contribution is 5.66. The summed E-state index contributed by atoms with van der Waals surface area (Å²) in [5.41, 5.74) is 0. The fourth-order valence-corrected chi connectivity index (χ4v) is 3.84. The minimum Gasteiger partial charge on any atom is -0.481 e. The van der Waals surface area contributed by atoms with Crippen molar-refractivity contribution in [2.75, 3.05) is 0 Å². The Bertz CT molecular complexity index is 397. The van der Waals surface area contributed by atoms with Gasteiger partial charge in [-0.2, -0.15) is 0 Å². The molecule has 0 aliphatic heterocycles. The van der Waals surface area contributed by atoms with Crippen molar-refractivity contribution in [3.8, 4) is 0 Å². The number of hydrogen-bond donors (Lipinski definition) is 1. The van der Waals surface area contributed by atoms with Crippen LogP contribution < -0.4 is 0 Å². The average Bonchev–Trinajstić information content (AvgIpc) is 2.73. The average molecular weight is 421 g/mol. The van der Waals surface area contributed by atoms with E-state index in [1.165, 1.54) is 122 Å². The Balaban J connectivity index is 3.13. The quantitative estimate of drug-likeness (QED) is 0.125. The lowest BCUT2D eigenvalue weighted by atomic mass is 10.0. The molecule has 30 heavy (non-hydrogen) atoms. The minimum atomic E-state index is -0.654. The Kier molecular flexibility index (Phi) is 25.1. The molecule has 0 bridgehead atoms. The number of hydrogen-bond acceptors (Lipinski definition) is 1. The molecule has 0 aromatic carbocycles. The smallest absolute Gasteiger partial charge is 0.303 e. The molecule has 0 atom stereocenters. The van der Waals surface area contributed by atoms with Crippen LogP contribution in [-0.2, 0) is 4.79 Å². The SMILES string of the molecule is CCCCCCC=CCCC=CCCCCCCCCCCCCCCCC(=O)O. The maximum absolute atomic E-state index is 10.4. The number of carboxylic acid groups (broad SMARTS) is 1. The summed E-state index contributed by atoms with van der Waals surface area (Å²) in [4.78, 5) is 10.4. The largest absolute Gasteiger partial charge is 0.481 e. The first kappa shape index (κ1) is 28.9. The standard InChI is InChI=1S/C28H52O2/c1-2-3-4-5-6-7-8-9-10-11-12-13-14-15-16-17-18-19-20-21-22-23-24-25-26-27-28(29)30/h7-8,11-12H,2-6,9-10,13-27H2,1H3,(H,29,30). The predicted octanol–water partition coefficient (Wildman–Crippen LogP) is 9.79. The molecule has 0 fully saturated rings. The van der Waals surface area contributed by atoms with Crippen molar-refractivity contribution < 1.29 is 9.90 Å². The van der Waals surface area contributed by atoms with Gasteiger partial charge in [0.25, 0.3) is 0 Å². The van der Waals surface area contributed by atoms with Gasteiger partial charge in [-0.25, -0.2) is 0 Å². The maximum atomic E-state index is 10.4. The Hall–Kier alpha value is -1.05. The van der Waals surface area contributed by atoms with Gasteiger partial charge < -0.3 is 5.11 Å². The molecule has 1 N–H and O–H groups in total.